The second-order valence-electron chi connectivity index (χ2n) is 11.7. The van der Waals surface area contributed by atoms with Gasteiger partial charge in [0, 0.05) is 23.9 Å². The summed E-state index contributed by atoms with van der Waals surface area (Å²) in [6, 6.07) is 26.0. The Balaban J connectivity index is 0.890. The number of hydrogen-bond donors (Lipinski definition) is 0. The van der Waals surface area contributed by atoms with Crippen molar-refractivity contribution >= 4 is 57.1 Å². The van der Waals surface area contributed by atoms with E-state index in [-0.39, 0.29) is 39.3 Å². The van der Waals surface area contributed by atoms with Gasteiger partial charge < -0.3 is 18.9 Å². The third-order valence-electron chi connectivity index (χ3n) is 8.27. The highest BCUT2D eigenvalue weighted by Crippen LogP contribution is 2.26. The van der Waals surface area contributed by atoms with Gasteiger partial charge in [-0.15, -0.1) is 0 Å². The van der Waals surface area contributed by atoms with Crippen molar-refractivity contribution in [3.8, 4) is 11.5 Å². The quantitative estimate of drug-likeness (QED) is 0.149. The molecule has 2 saturated heterocycles. The third kappa shape index (κ3) is 8.22. The van der Waals surface area contributed by atoms with Gasteiger partial charge in [0.25, 0.3) is 0 Å². The zero-order valence-corrected chi connectivity index (χ0v) is 27.0. The highest BCUT2D eigenvalue weighted by atomic mass is 16.6. The van der Waals surface area contributed by atoms with Gasteiger partial charge in [-0.05, 0) is 22.9 Å². The van der Waals surface area contributed by atoms with Crippen molar-refractivity contribution in [1.82, 2.24) is 19.6 Å². The molecule has 2 aliphatic heterocycles. The molecule has 14 heteroatoms. The van der Waals surface area contributed by atoms with E-state index in [1.807, 2.05) is 60.7 Å². The Labute approximate surface area is 286 Å². The largest absolute Gasteiger partial charge is 0.481 e. The summed E-state index contributed by atoms with van der Waals surface area (Å²) >= 11 is 0. The molecule has 0 saturated carbocycles. The lowest BCUT2D eigenvalue weighted by Gasteiger charge is -2.35. The number of carbonyl (C=O) groups excluding carboxylic acids is 6. The summed E-state index contributed by atoms with van der Waals surface area (Å²) in [4.78, 5) is 80.5. The van der Waals surface area contributed by atoms with Crippen LogP contribution in [0.25, 0.3) is 21.5 Å². The molecular weight excluding hydrogens is 648 g/mol. The van der Waals surface area contributed by atoms with E-state index < -0.39 is 62.2 Å². The van der Waals surface area contributed by atoms with Crippen molar-refractivity contribution in [1.29, 1.82) is 0 Å². The summed E-state index contributed by atoms with van der Waals surface area (Å²) in [6.45, 7) is -1.88. The molecule has 0 atom stereocenters. The SMILES string of the molecule is O=C(COc1cccc2ccccc12)OCN1C(=O)CN(CCN2CC(=O)N(COC(=O)COc3cccc4ccccc34)C(=O)C2)CC1=O. The Bertz CT molecular complexity index is 1760. The van der Waals surface area contributed by atoms with Crippen LogP contribution in [0.15, 0.2) is 84.9 Å². The second-order valence-corrected chi connectivity index (χ2v) is 11.7. The van der Waals surface area contributed by atoms with E-state index in [9.17, 15) is 28.8 Å². The number of amides is 4. The molecule has 0 spiro atoms. The molecule has 258 valence electrons. The number of imide groups is 2. The minimum atomic E-state index is -0.738. The van der Waals surface area contributed by atoms with Gasteiger partial charge in [-0.25, -0.2) is 19.4 Å². The summed E-state index contributed by atoms with van der Waals surface area (Å²) in [7, 11) is 0. The highest BCUT2D eigenvalue weighted by Gasteiger charge is 2.34. The molecule has 0 unspecified atom stereocenters. The van der Waals surface area contributed by atoms with E-state index >= 15 is 0 Å². The Kier molecular flexibility index (Phi) is 10.6. The van der Waals surface area contributed by atoms with Crippen molar-refractivity contribution in [2.75, 3.05) is 65.9 Å². The van der Waals surface area contributed by atoms with Crippen molar-refractivity contribution < 1.29 is 47.7 Å². The highest BCUT2D eigenvalue weighted by molar-refractivity contribution is 6.00. The van der Waals surface area contributed by atoms with Gasteiger partial charge in [-0.1, -0.05) is 72.8 Å². The van der Waals surface area contributed by atoms with Gasteiger partial charge >= 0.3 is 11.9 Å². The molecule has 0 N–H and O–H groups in total. The van der Waals surface area contributed by atoms with E-state index in [0.717, 1.165) is 31.3 Å². The monoisotopic (exact) mass is 682 g/mol. The Morgan fingerprint density at radius 1 is 0.500 bits per heavy atom. The number of piperazine rings is 2. The van der Waals surface area contributed by atoms with E-state index in [1.54, 1.807) is 34.1 Å². The molecule has 6 rings (SSSR count). The molecule has 4 aromatic carbocycles. The van der Waals surface area contributed by atoms with Crippen LogP contribution < -0.4 is 9.47 Å². The Morgan fingerprint density at radius 2 is 0.860 bits per heavy atom. The minimum Gasteiger partial charge on any atom is -0.481 e. The average molecular weight is 683 g/mol. The van der Waals surface area contributed by atoms with Crippen LogP contribution in [-0.4, -0.2) is 121 Å². The standard InChI is InChI=1S/C36H34N4O10/c41-31-17-37(18-32(42)39(31)23-49-35(45)21-47-29-13-5-9-25-7-1-3-11-27(25)29)15-16-38-19-33(43)40(34(44)20-38)24-50-36(46)22-48-30-14-6-10-26-8-2-4-12-28(26)30/h1-14H,15-24H2. The smallest absolute Gasteiger partial charge is 0.345 e. The molecule has 0 aliphatic carbocycles. The summed E-state index contributed by atoms with van der Waals surface area (Å²) in [5.74, 6) is -2.66. The lowest BCUT2D eigenvalue weighted by atomic mass is 10.1. The number of rotatable bonds is 13. The molecule has 0 bridgehead atoms. The molecule has 4 amide bonds. The maximum atomic E-state index is 12.7. The molecule has 2 fully saturated rings. The van der Waals surface area contributed by atoms with Crippen LogP contribution >= 0.6 is 0 Å². The van der Waals surface area contributed by atoms with Crippen molar-refractivity contribution in [3.05, 3.63) is 84.9 Å². The number of esters is 2. The topological polar surface area (TPSA) is 152 Å². The lowest BCUT2D eigenvalue weighted by molar-refractivity contribution is -0.167. The molecule has 14 nitrogen and oxygen atoms in total. The minimum absolute atomic E-state index is 0.117. The van der Waals surface area contributed by atoms with Gasteiger partial charge in [0.1, 0.15) is 11.5 Å². The fraction of sp³-hybridized carbons (Fsp3) is 0.278. The molecule has 2 aliphatic rings. The van der Waals surface area contributed by atoms with Crippen LogP contribution in [0.1, 0.15) is 0 Å². The first-order valence-corrected chi connectivity index (χ1v) is 15.9. The normalized spacial score (nSPS) is 15.8. The molecule has 0 aromatic heterocycles. The van der Waals surface area contributed by atoms with E-state index in [0.29, 0.717) is 11.5 Å². The predicted octanol–water partition coefficient (Wildman–Crippen LogP) is 1.79. The Morgan fingerprint density at radius 3 is 1.26 bits per heavy atom. The predicted molar refractivity (Wildman–Crippen MR) is 177 cm³/mol. The van der Waals surface area contributed by atoms with Crippen LogP contribution in [0.3, 0.4) is 0 Å². The summed E-state index contributed by atoms with van der Waals surface area (Å²) in [5, 5.41) is 3.57. The molecule has 2 heterocycles. The Hall–Kier alpha value is -5.86. The van der Waals surface area contributed by atoms with Crippen LogP contribution in [0, 0.1) is 0 Å². The maximum Gasteiger partial charge on any atom is 0.345 e. The molecule has 50 heavy (non-hydrogen) atoms. The fourth-order valence-electron chi connectivity index (χ4n) is 5.66. The number of nitrogens with zero attached hydrogens (tertiary/aromatic N) is 4. The third-order valence-corrected chi connectivity index (χ3v) is 8.27. The van der Waals surface area contributed by atoms with Crippen molar-refractivity contribution in [3.63, 3.8) is 0 Å². The van der Waals surface area contributed by atoms with Crippen molar-refractivity contribution in [2.45, 2.75) is 0 Å². The zero-order chi connectivity index (χ0) is 35.0. The van der Waals surface area contributed by atoms with E-state index in [4.69, 9.17) is 18.9 Å². The van der Waals surface area contributed by atoms with Crippen LogP contribution in [-0.2, 0) is 38.2 Å². The maximum absolute atomic E-state index is 12.7. The van der Waals surface area contributed by atoms with E-state index in [2.05, 4.69) is 0 Å². The van der Waals surface area contributed by atoms with Crippen LogP contribution in [0.4, 0.5) is 0 Å². The van der Waals surface area contributed by atoms with Crippen LogP contribution in [0.5, 0.6) is 11.5 Å². The molecule has 0 radical (unpaired) electrons. The first-order chi connectivity index (χ1) is 24.2. The van der Waals surface area contributed by atoms with Gasteiger partial charge in [0.15, 0.2) is 26.7 Å². The summed E-state index contributed by atoms with van der Waals surface area (Å²) in [5.41, 5.74) is 0. The van der Waals surface area contributed by atoms with Gasteiger partial charge in [-0.3, -0.25) is 29.0 Å². The second kappa shape index (κ2) is 15.6. The fourth-order valence-corrected chi connectivity index (χ4v) is 5.66. The van der Waals surface area contributed by atoms with Gasteiger partial charge in [0.05, 0.1) is 26.2 Å². The molecule has 4 aromatic rings. The number of ether oxygens (including phenoxy) is 4. The number of fused-ring (bicyclic) bond motifs is 2. The lowest BCUT2D eigenvalue weighted by Crippen LogP contribution is -2.58. The number of hydrogen-bond acceptors (Lipinski definition) is 12. The first-order valence-electron chi connectivity index (χ1n) is 15.9. The van der Waals surface area contributed by atoms with Crippen LogP contribution in [0.2, 0.25) is 0 Å². The van der Waals surface area contributed by atoms with E-state index in [1.165, 1.54) is 0 Å². The summed E-state index contributed by atoms with van der Waals surface area (Å²) in [6.07, 6.45) is 0. The summed E-state index contributed by atoms with van der Waals surface area (Å²) < 4.78 is 21.5. The first kappa shape index (κ1) is 34.0. The zero-order valence-electron chi connectivity index (χ0n) is 27.0. The van der Waals surface area contributed by atoms with Gasteiger partial charge in [-0.2, -0.15) is 0 Å². The number of carbonyl (C=O) groups is 6. The van der Waals surface area contributed by atoms with Crippen molar-refractivity contribution in [2.24, 2.45) is 0 Å². The molecular formula is C36H34N4O10. The average Bonchev–Trinajstić information content (AvgIpc) is 3.11. The van der Waals surface area contributed by atoms with Gasteiger partial charge in [0.2, 0.25) is 23.6 Å². The number of benzene rings is 4.